The van der Waals surface area contributed by atoms with Crippen molar-refractivity contribution in [3.8, 4) is 0 Å². The molecule has 0 spiro atoms. The Kier molecular flexibility index (Phi) is 8.98. The number of amides is 1. The molecule has 0 saturated carbocycles. The third-order valence-corrected chi connectivity index (χ3v) is 10.7. The number of aromatic nitrogens is 1. The molecule has 2 aliphatic heterocycles. The molecule has 10 heteroatoms. The number of piperidine rings is 1. The van der Waals surface area contributed by atoms with Gasteiger partial charge in [-0.3, -0.25) is 14.6 Å². The van der Waals surface area contributed by atoms with Gasteiger partial charge in [0, 0.05) is 44.8 Å². The van der Waals surface area contributed by atoms with Gasteiger partial charge in [0.1, 0.15) is 0 Å². The third kappa shape index (κ3) is 6.52. The normalized spacial score (nSPS) is 18.0. The first-order valence-corrected chi connectivity index (χ1v) is 16.2. The molecule has 0 unspecified atom stereocenters. The highest BCUT2D eigenvalue weighted by Gasteiger charge is 2.29. The molecule has 3 aromatic rings. The fourth-order valence-corrected chi connectivity index (χ4v) is 7.68. The number of carbonyl (C=O) groups is 1. The van der Waals surface area contributed by atoms with Crippen LogP contribution in [0.1, 0.15) is 49.0 Å². The number of benzene rings is 2. The van der Waals surface area contributed by atoms with Crippen LogP contribution >= 0.6 is 11.3 Å². The maximum Gasteiger partial charge on any atom is 0.260 e. The average molecular weight is 571 g/mol. The van der Waals surface area contributed by atoms with Gasteiger partial charge in [-0.25, -0.2) is 13.4 Å². The second-order valence-electron chi connectivity index (χ2n) is 10.5. The Hall–Kier alpha value is -2.37. The Bertz CT molecular complexity index is 1380. The van der Waals surface area contributed by atoms with Crippen LogP contribution in [0.2, 0.25) is 0 Å². The van der Waals surface area contributed by atoms with Crippen molar-refractivity contribution in [1.29, 1.82) is 0 Å². The number of sulfonamides is 1. The van der Waals surface area contributed by atoms with Crippen molar-refractivity contribution >= 4 is 42.6 Å². The number of aryl methyl sites for hydroxylation is 1. The van der Waals surface area contributed by atoms with Gasteiger partial charge in [0.15, 0.2) is 5.13 Å². The van der Waals surface area contributed by atoms with Crippen molar-refractivity contribution in [2.75, 3.05) is 57.4 Å². The molecule has 1 amide bonds. The van der Waals surface area contributed by atoms with E-state index in [4.69, 9.17) is 9.72 Å². The summed E-state index contributed by atoms with van der Waals surface area (Å²) in [5, 5.41) is 0.671. The van der Waals surface area contributed by atoms with E-state index in [2.05, 4.69) is 30.9 Å². The number of carbonyl (C=O) groups excluding carboxylic acids is 1. The highest BCUT2D eigenvalue weighted by Crippen LogP contribution is 2.31. The van der Waals surface area contributed by atoms with E-state index in [0.717, 1.165) is 68.7 Å². The molecule has 2 aromatic carbocycles. The molecule has 210 valence electrons. The molecule has 2 aliphatic rings. The summed E-state index contributed by atoms with van der Waals surface area (Å²) in [4.78, 5) is 23.0. The van der Waals surface area contributed by atoms with Gasteiger partial charge in [0.25, 0.3) is 5.91 Å². The van der Waals surface area contributed by atoms with Gasteiger partial charge in [-0.05, 0) is 73.6 Å². The highest BCUT2D eigenvalue weighted by atomic mass is 32.2. The topological polar surface area (TPSA) is 83.0 Å². The molecule has 2 saturated heterocycles. The van der Waals surface area contributed by atoms with Crippen LogP contribution in [-0.2, 0) is 21.2 Å². The maximum absolute atomic E-state index is 13.8. The van der Waals surface area contributed by atoms with Crippen LogP contribution in [0, 0.1) is 5.92 Å². The Balaban J connectivity index is 1.36. The number of ether oxygens (including phenoxy) is 1. The lowest BCUT2D eigenvalue weighted by atomic mass is 10.0. The first-order chi connectivity index (χ1) is 18.8. The summed E-state index contributed by atoms with van der Waals surface area (Å²) < 4.78 is 34.5. The predicted molar refractivity (Wildman–Crippen MR) is 156 cm³/mol. The van der Waals surface area contributed by atoms with Crippen LogP contribution in [0.25, 0.3) is 10.2 Å². The second-order valence-corrected chi connectivity index (χ2v) is 13.5. The largest absolute Gasteiger partial charge is 0.379 e. The lowest BCUT2D eigenvalue weighted by Gasteiger charge is -2.29. The van der Waals surface area contributed by atoms with E-state index in [9.17, 15) is 13.2 Å². The average Bonchev–Trinajstić information content (AvgIpc) is 3.39. The molecular formula is C29H38N4O4S2. The molecular weight excluding hydrogens is 532 g/mol. The lowest BCUT2D eigenvalue weighted by Crippen LogP contribution is -2.39. The zero-order valence-corrected chi connectivity index (χ0v) is 24.5. The summed E-state index contributed by atoms with van der Waals surface area (Å²) in [6.45, 7) is 10.1. The monoisotopic (exact) mass is 570 g/mol. The van der Waals surface area contributed by atoms with Crippen molar-refractivity contribution in [2.45, 2.75) is 44.4 Å². The van der Waals surface area contributed by atoms with Crippen molar-refractivity contribution in [3.05, 3.63) is 53.6 Å². The molecule has 0 atom stereocenters. The van der Waals surface area contributed by atoms with E-state index in [1.807, 2.05) is 6.07 Å². The molecule has 39 heavy (non-hydrogen) atoms. The van der Waals surface area contributed by atoms with E-state index in [-0.39, 0.29) is 10.8 Å². The fraction of sp³-hybridized carbons (Fsp3) is 0.517. The molecule has 3 heterocycles. The fourth-order valence-electron chi connectivity index (χ4n) is 5.15. The predicted octanol–water partition coefficient (Wildman–Crippen LogP) is 4.65. The van der Waals surface area contributed by atoms with E-state index in [1.165, 1.54) is 16.9 Å². The molecule has 8 nitrogen and oxygen atoms in total. The summed E-state index contributed by atoms with van der Waals surface area (Å²) in [6.07, 6.45) is 3.49. The molecule has 0 radical (unpaired) electrons. The molecule has 1 aromatic heterocycles. The highest BCUT2D eigenvalue weighted by molar-refractivity contribution is 7.89. The minimum Gasteiger partial charge on any atom is -0.379 e. The number of hydrogen-bond donors (Lipinski definition) is 0. The van der Waals surface area contributed by atoms with E-state index in [1.54, 1.807) is 33.5 Å². The standard InChI is InChI=1S/C29H38N4O4S2/c1-3-23-5-10-26-27(21-23)38-29(30-26)33(14-4-13-31-17-19-37-20-18-31)28(34)24-6-8-25(9-7-24)39(35,36)32-15-11-22(2)12-16-32/h5-10,21-22H,3-4,11-20H2,1-2H3. The minimum absolute atomic E-state index is 0.164. The number of hydrogen-bond acceptors (Lipinski definition) is 7. The van der Waals surface area contributed by atoms with Crippen molar-refractivity contribution in [2.24, 2.45) is 5.92 Å². The first-order valence-electron chi connectivity index (χ1n) is 14.0. The summed E-state index contributed by atoms with van der Waals surface area (Å²) in [5.41, 5.74) is 2.58. The van der Waals surface area contributed by atoms with E-state index in [0.29, 0.717) is 36.2 Å². The summed E-state index contributed by atoms with van der Waals surface area (Å²) in [5.74, 6) is 0.379. The Morgan fingerprint density at radius 3 is 2.49 bits per heavy atom. The van der Waals surface area contributed by atoms with Crippen molar-refractivity contribution < 1.29 is 17.9 Å². The molecule has 0 bridgehead atoms. The van der Waals surface area contributed by atoms with Gasteiger partial charge in [0.05, 0.1) is 28.3 Å². The molecule has 5 rings (SSSR count). The number of rotatable bonds is 9. The molecule has 0 aliphatic carbocycles. The van der Waals surface area contributed by atoms with Gasteiger partial charge in [-0.15, -0.1) is 0 Å². The summed E-state index contributed by atoms with van der Waals surface area (Å²) in [6, 6.07) is 12.7. The van der Waals surface area contributed by atoms with Crippen LogP contribution in [0.3, 0.4) is 0 Å². The van der Waals surface area contributed by atoms with Gasteiger partial charge < -0.3 is 4.74 Å². The van der Waals surface area contributed by atoms with Crippen LogP contribution in [0.15, 0.2) is 47.4 Å². The van der Waals surface area contributed by atoms with Gasteiger partial charge in [-0.1, -0.05) is 31.3 Å². The quantitative estimate of drug-likeness (QED) is 0.373. The number of thiazole rings is 1. The summed E-state index contributed by atoms with van der Waals surface area (Å²) >= 11 is 1.53. The zero-order valence-electron chi connectivity index (χ0n) is 22.8. The zero-order chi connectivity index (χ0) is 27.4. The van der Waals surface area contributed by atoms with Gasteiger partial charge in [0.2, 0.25) is 10.0 Å². The summed E-state index contributed by atoms with van der Waals surface area (Å²) in [7, 11) is -3.57. The van der Waals surface area contributed by atoms with Crippen LogP contribution in [0.4, 0.5) is 5.13 Å². The van der Waals surface area contributed by atoms with Crippen molar-refractivity contribution in [1.82, 2.24) is 14.2 Å². The maximum atomic E-state index is 13.8. The van der Waals surface area contributed by atoms with Crippen LogP contribution in [-0.4, -0.2) is 81.0 Å². The Morgan fingerprint density at radius 2 is 1.79 bits per heavy atom. The first kappa shape index (κ1) is 28.2. The SMILES string of the molecule is CCc1ccc2nc(N(CCCN3CCOCC3)C(=O)c3ccc(S(=O)(=O)N4CCC(C)CC4)cc3)sc2c1. The Morgan fingerprint density at radius 1 is 1.08 bits per heavy atom. The number of fused-ring (bicyclic) bond motifs is 1. The number of nitrogens with zero attached hydrogens (tertiary/aromatic N) is 4. The van der Waals surface area contributed by atoms with Gasteiger partial charge >= 0.3 is 0 Å². The smallest absolute Gasteiger partial charge is 0.260 e. The van der Waals surface area contributed by atoms with Crippen LogP contribution in [0.5, 0.6) is 0 Å². The van der Waals surface area contributed by atoms with Crippen molar-refractivity contribution in [3.63, 3.8) is 0 Å². The molecule has 2 fully saturated rings. The Labute approximate surface area is 235 Å². The number of anilines is 1. The van der Waals surface area contributed by atoms with Crippen LogP contribution < -0.4 is 4.90 Å². The van der Waals surface area contributed by atoms with E-state index >= 15 is 0 Å². The molecule has 0 N–H and O–H groups in total. The number of morpholine rings is 1. The third-order valence-electron chi connectivity index (χ3n) is 7.77. The van der Waals surface area contributed by atoms with E-state index < -0.39 is 10.0 Å². The second kappa shape index (κ2) is 12.4. The lowest BCUT2D eigenvalue weighted by molar-refractivity contribution is 0.0376. The minimum atomic E-state index is -3.57. The van der Waals surface area contributed by atoms with Gasteiger partial charge in [-0.2, -0.15) is 4.31 Å².